The van der Waals surface area contributed by atoms with Crippen molar-refractivity contribution in [3.05, 3.63) is 0 Å². The Kier molecular flexibility index (Phi) is 3.53. The predicted octanol–water partition coefficient (Wildman–Crippen LogP) is 1.51. The Bertz CT molecular complexity index is 156. The van der Waals surface area contributed by atoms with Gasteiger partial charge in [-0.1, -0.05) is 6.42 Å². The molecule has 0 aliphatic heterocycles. The highest BCUT2D eigenvalue weighted by Crippen LogP contribution is 2.23. The first-order valence-electron chi connectivity index (χ1n) is 4.44. The highest BCUT2D eigenvalue weighted by Gasteiger charge is 2.26. The Labute approximate surface area is 73.0 Å². The molecule has 2 atom stereocenters. The lowest BCUT2D eigenvalue weighted by Crippen LogP contribution is -2.35. The smallest absolute Gasteiger partial charge is 0.302 e. The quantitative estimate of drug-likeness (QED) is 0.592. The second-order valence-corrected chi connectivity index (χ2v) is 3.21. The van der Waals surface area contributed by atoms with Crippen molar-refractivity contribution >= 4 is 5.97 Å². The Balaban J connectivity index is 2.41. The molecular formula is C9H16O3. The van der Waals surface area contributed by atoms with Crippen LogP contribution in [-0.2, 0) is 14.3 Å². The Morgan fingerprint density at radius 2 is 1.83 bits per heavy atom. The summed E-state index contributed by atoms with van der Waals surface area (Å²) in [5.41, 5.74) is 0. The van der Waals surface area contributed by atoms with Gasteiger partial charge in [0, 0.05) is 14.0 Å². The average Bonchev–Trinajstić information content (AvgIpc) is 2.04. The van der Waals surface area contributed by atoms with E-state index in [9.17, 15) is 4.79 Å². The summed E-state index contributed by atoms with van der Waals surface area (Å²) in [5.74, 6) is -0.205. The summed E-state index contributed by atoms with van der Waals surface area (Å²) in [7, 11) is 1.67. The first-order chi connectivity index (χ1) is 5.74. The van der Waals surface area contributed by atoms with Gasteiger partial charge in [-0.15, -0.1) is 0 Å². The molecule has 0 radical (unpaired) electrons. The third-order valence-corrected chi connectivity index (χ3v) is 2.26. The van der Waals surface area contributed by atoms with Crippen LogP contribution < -0.4 is 0 Å². The molecular weight excluding hydrogens is 156 g/mol. The predicted molar refractivity (Wildman–Crippen MR) is 44.8 cm³/mol. The summed E-state index contributed by atoms with van der Waals surface area (Å²) >= 11 is 0. The van der Waals surface area contributed by atoms with Crippen molar-refractivity contribution in [3.8, 4) is 0 Å². The van der Waals surface area contributed by atoms with Gasteiger partial charge in [-0.05, 0) is 19.3 Å². The molecule has 70 valence electrons. The normalized spacial score (nSPS) is 29.8. The number of esters is 1. The van der Waals surface area contributed by atoms with Gasteiger partial charge >= 0.3 is 5.97 Å². The van der Waals surface area contributed by atoms with Crippen LogP contribution in [-0.4, -0.2) is 25.3 Å². The van der Waals surface area contributed by atoms with Gasteiger partial charge in [0.25, 0.3) is 0 Å². The molecule has 12 heavy (non-hydrogen) atoms. The molecule has 0 bridgehead atoms. The number of carbonyl (C=O) groups is 1. The summed E-state index contributed by atoms with van der Waals surface area (Å²) in [6, 6.07) is 0. The summed E-state index contributed by atoms with van der Waals surface area (Å²) < 4.78 is 10.4. The largest absolute Gasteiger partial charge is 0.460 e. The van der Waals surface area contributed by atoms with Crippen molar-refractivity contribution in [2.75, 3.05) is 7.11 Å². The lowest BCUT2D eigenvalue weighted by Gasteiger charge is -2.29. The molecule has 0 spiro atoms. The molecule has 0 aromatic rings. The monoisotopic (exact) mass is 172 g/mol. The number of rotatable bonds is 2. The zero-order chi connectivity index (χ0) is 8.97. The lowest BCUT2D eigenvalue weighted by molar-refractivity contribution is -0.156. The van der Waals surface area contributed by atoms with Crippen LogP contribution in [0.4, 0.5) is 0 Å². The van der Waals surface area contributed by atoms with Gasteiger partial charge in [0.05, 0.1) is 6.10 Å². The molecule has 1 aliphatic carbocycles. The Morgan fingerprint density at radius 1 is 1.25 bits per heavy atom. The molecule has 1 rings (SSSR count). The molecule has 0 aromatic heterocycles. The van der Waals surface area contributed by atoms with Crippen molar-refractivity contribution in [2.45, 2.75) is 44.8 Å². The zero-order valence-corrected chi connectivity index (χ0v) is 7.71. The highest BCUT2D eigenvalue weighted by atomic mass is 16.6. The SMILES string of the molecule is COC1CCCC[C@H]1OC(C)=O. The summed E-state index contributed by atoms with van der Waals surface area (Å²) in [6.07, 6.45) is 4.37. The number of hydrogen-bond acceptors (Lipinski definition) is 3. The third kappa shape index (κ3) is 2.48. The molecule has 1 aliphatic rings. The van der Waals surface area contributed by atoms with Crippen LogP contribution in [0.2, 0.25) is 0 Å². The van der Waals surface area contributed by atoms with E-state index in [1.54, 1.807) is 7.11 Å². The van der Waals surface area contributed by atoms with Crippen molar-refractivity contribution < 1.29 is 14.3 Å². The Morgan fingerprint density at radius 3 is 2.33 bits per heavy atom. The summed E-state index contributed by atoms with van der Waals surface area (Å²) in [6.45, 7) is 1.45. The number of ether oxygens (including phenoxy) is 2. The van der Waals surface area contributed by atoms with Gasteiger partial charge < -0.3 is 9.47 Å². The lowest BCUT2D eigenvalue weighted by atomic mass is 9.94. The van der Waals surface area contributed by atoms with Crippen LogP contribution >= 0.6 is 0 Å². The molecule has 0 N–H and O–H groups in total. The van der Waals surface area contributed by atoms with E-state index < -0.39 is 0 Å². The number of hydrogen-bond donors (Lipinski definition) is 0. The minimum absolute atomic E-state index is 0.0127. The van der Waals surface area contributed by atoms with Crippen molar-refractivity contribution in [1.29, 1.82) is 0 Å². The van der Waals surface area contributed by atoms with Gasteiger partial charge in [-0.3, -0.25) is 4.79 Å². The highest BCUT2D eigenvalue weighted by molar-refractivity contribution is 5.66. The molecule has 3 heteroatoms. The maximum absolute atomic E-state index is 10.7. The van der Waals surface area contributed by atoms with E-state index in [2.05, 4.69) is 0 Å². The topological polar surface area (TPSA) is 35.5 Å². The summed E-state index contributed by atoms with van der Waals surface area (Å²) in [4.78, 5) is 10.7. The van der Waals surface area contributed by atoms with E-state index in [4.69, 9.17) is 9.47 Å². The number of carbonyl (C=O) groups excluding carboxylic acids is 1. The minimum atomic E-state index is -0.205. The first-order valence-corrected chi connectivity index (χ1v) is 4.44. The fourth-order valence-electron chi connectivity index (χ4n) is 1.68. The van der Waals surface area contributed by atoms with Crippen molar-refractivity contribution in [3.63, 3.8) is 0 Å². The van der Waals surface area contributed by atoms with Crippen LogP contribution in [0, 0.1) is 0 Å². The fraction of sp³-hybridized carbons (Fsp3) is 0.889. The van der Waals surface area contributed by atoms with Crippen LogP contribution in [0.5, 0.6) is 0 Å². The van der Waals surface area contributed by atoms with E-state index in [0.717, 1.165) is 19.3 Å². The standard InChI is InChI=1S/C9H16O3/c1-7(10)12-9-6-4-3-5-8(9)11-2/h8-9H,3-6H2,1-2H3/t8?,9-/m1/s1. The van der Waals surface area contributed by atoms with Gasteiger partial charge in [-0.2, -0.15) is 0 Å². The average molecular weight is 172 g/mol. The molecule has 1 saturated carbocycles. The van der Waals surface area contributed by atoms with Gasteiger partial charge in [0.15, 0.2) is 0 Å². The molecule has 3 nitrogen and oxygen atoms in total. The van der Waals surface area contributed by atoms with E-state index in [-0.39, 0.29) is 18.2 Å². The van der Waals surface area contributed by atoms with Crippen molar-refractivity contribution in [2.24, 2.45) is 0 Å². The van der Waals surface area contributed by atoms with Crippen molar-refractivity contribution in [1.82, 2.24) is 0 Å². The maximum atomic E-state index is 10.7. The molecule has 0 heterocycles. The van der Waals surface area contributed by atoms with Crippen LogP contribution in [0.3, 0.4) is 0 Å². The summed E-state index contributed by atoms with van der Waals surface area (Å²) in [5, 5.41) is 0. The van der Waals surface area contributed by atoms with Crippen LogP contribution in [0.1, 0.15) is 32.6 Å². The second kappa shape index (κ2) is 4.45. The number of methoxy groups -OCH3 is 1. The van der Waals surface area contributed by atoms with Crippen LogP contribution in [0.15, 0.2) is 0 Å². The van der Waals surface area contributed by atoms with Gasteiger partial charge in [0.2, 0.25) is 0 Å². The zero-order valence-electron chi connectivity index (χ0n) is 7.71. The van der Waals surface area contributed by atoms with Crippen LogP contribution in [0.25, 0.3) is 0 Å². The van der Waals surface area contributed by atoms with Gasteiger partial charge in [0.1, 0.15) is 6.10 Å². The molecule has 1 unspecified atom stereocenters. The fourth-order valence-corrected chi connectivity index (χ4v) is 1.68. The maximum Gasteiger partial charge on any atom is 0.302 e. The van der Waals surface area contributed by atoms with Gasteiger partial charge in [-0.25, -0.2) is 0 Å². The van der Waals surface area contributed by atoms with E-state index >= 15 is 0 Å². The first kappa shape index (κ1) is 9.52. The minimum Gasteiger partial charge on any atom is -0.460 e. The molecule has 0 amide bonds. The second-order valence-electron chi connectivity index (χ2n) is 3.21. The molecule has 1 fully saturated rings. The third-order valence-electron chi connectivity index (χ3n) is 2.26. The Hall–Kier alpha value is -0.570. The van der Waals surface area contributed by atoms with E-state index in [1.165, 1.54) is 13.3 Å². The molecule has 0 saturated heterocycles. The van der Waals surface area contributed by atoms with E-state index in [1.807, 2.05) is 0 Å². The van der Waals surface area contributed by atoms with E-state index in [0.29, 0.717) is 0 Å². The molecule has 0 aromatic carbocycles.